The van der Waals surface area contributed by atoms with Gasteiger partial charge in [0, 0.05) is 30.2 Å². The molecule has 2 heterocycles. The Bertz CT molecular complexity index is 635. The zero-order valence-corrected chi connectivity index (χ0v) is 12.3. The Morgan fingerprint density at radius 3 is 2.86 bits per heavy atom. The van der Waals surface area contributed by atoms with Crippen molar-refractivity contribution in [1.29, 1.82) is 0 Å². The average Bonchev–Trinajstić information content (AvgIpc) is 3.04. The Labute approximate surface area is 128 Å². The van der Waals surface area contributed by atoms with E-state index >= 15 is 0 Å². The first-order chi connectivity index (χ1) is 10.7. The molecule has 1 aliphatic carbocycles. The number of aromatic hydroxyl groups is 1. The van der Waals surface area contributed by atoms with Crippen molar-refractivity contribution in [2.75, 3.05) is 0 Å². The first kappa shape index (κ1) is 14.5. The number of carbonyl (C=O) groups is 1. The summed E-state index contributed by atoms with van der Waals surface area (Å²) >= 11 is 0. The Morgan fingerprint density at radius 2 is 2.18 bits per heavy atom. The van der Waals surface area contributed by atoms with Gasteiger partial charge in [-0.05, 0) is 18.9 Å². The monoisotopic (exact) mass is 301 g/mol. The molecule has 1 fully saturated rings. The van der Waals surface area contributed by atoms with Crippen LogP contribution >= 0.6 is 0 Å². The predicted octanol–water partition coefficient (Wildman–Crippen LogP) is 1.36. The van der Waals surface area contributed by atoms with Crippen molar-refractivity contribution in [2.45, 2.75) is 44.6 Å². The van der Waals surface area contributed by atoms with Gasteiger partial charge in [-0.15, -0.1) is 0 Å². The van der Waals surface area contributed by atoms with Gasteiger partial charge in [0.2, 0.25) is 11.8 Å². The first-order valence-corrected chi connectivity index (χ1v) is 7.56. The highest BCUT2D eigenvalue weighted by molar-refractivity contribution is 5.79. The van der Waals surface area contributed by atoms with Crippen molar-refractivity contribution < 1.29 is 9.90 Å². The van der Waals surface area contributed by atoms with Crippen LogP contribution in [-0.4, -0.2) is 36.8 Å². The molecule has 2 aromatic rings. The second-order valence-corrected chi connectivity index (χ2v) is 5.55. The van der Waals surface area contributed by atoms with Gasteiger partial charge in [0.25, 0.3) is 5.95 Å². The van der Waals surface area contributed by atoms with Gasteiger partial charge in [-0.2, -0.15) is 10.1 Å². The van der Waals surface area contributed by atoms with Crippen molar-refractivity contribution in [1.82, 2.24) is 25.1 Å². The number of rotatable bonds is 4. The summed E-state index contributed by atoms with van der Waals surface area (Å²) < 4.78 is 1.45. The van der Waals surface area contributed by atoms with Crippen LogP contribution in [0.15, 0.2) is 24.7 Å². The van der Waals surface area contributed by atoms with E-state index in [4.69, 9.17) is 0 Å². The lowest BCUT2D eigenvalue weighted by Crippen LogP contribution is -2.37. The van der Waals surface area contributed by atoms with E-state index in [-0.39, 0.29) is 30.2 Å². The molecular formula is C15H19N5O2. The summed E-state index contributed by atoms with van der Waals surface area (Å²) in [5.41, 5.74) is 0.421. The molecule has 7 nitrogen and oxygen atoms in total. The smallest absolute Gasteiger partial charge is 0.253 e. The summed E-state index contributed by atoms with van der Waals surface area (Å²) in [4.78, 5) is 20.2. The Hall–Kier alpha value is -2.44. The summed E-state index contributed by atoms with van der Waals surface area (Å²) in [5, 5.41) is 17.0. The Morgan fingerprint density at radius 1 is 1.36 bits per heavy atom. The number of hydrogen-bond donors (Lipinski definition) is 2. The number of carbonyl (C=O) groups excluding carboxylic acids is 1. The zero-order valence-electron chi connectivity index (χ0n) is 12.3. The fraction of sp³-hybridized carbons (Fsp3) is 0.467. The summed E-state index contributed by atoms with van der Waals surface area (Å²) in [5.74, 6) is -0.00382. The van der Waals surface area contributed by atoms with Crippen molar-refractivity contribution in [3.05, 3.63) is 30.2 Å². The van der Waals surface area contributed by atoms with Gasteiger partial charge in [-0.25, -0.2) is 9.67 Å². The molecule has 0 atom stereocenters. The van der Waals surface area contributed by atoms with Crippen molar-refractivity contribution in [3.8, 4) is 11.8 Å². The van der Waals surface area contributed by atoms with Crippen LogP contribution in [0.5, 0.6) is 5.88 Å². The zero-order chi connectivity index (χ0) is 15.4. The van der Waals surface area contributed by atoms with Gasteiger partial charge < -0.3 is 10.4 Å². The van der Waals surface area contributed by atoms with Crippen LogP contribution in [0.1, 0.15) is 37.7 Å². The molecule has 2 aromatic heterocycles. The van der Waals surface area contributed by atoms with E-state index in [1.165, 1.54) is 17.3 Å². The maximum atomic E-state index is 12.1. The van der Waals surface area contributed by atoms with E-state index in [0.29, 0.717) is 5.56 Å². The molecule has 0 saturated heterocycles. The summed E-state index contributed by atoms with van der Waals surface area (Å²) in [7, 11) is 0. The van der Waals surface area contributed by atoms with Crippen LogP contribution in [0.2, 0.25) is 0 Å². The second kappa shape index (κ2) is 6.55. The van der Waals surface area contributed by atoms with Gasteiger partial charge in [-0.3, -0.25) is 4.79 Å². The molecule has 1 aliphatic rings. The fourth-order valence-corrected chi connectivity index (χ4v) is 2.71. The SMILES string of the molecule is O=C(Cc1cnc(-n2cccn2)nc1O)NC1CCCCC1. The Balaban J connectivity index is 1.63. The normalized spacial score (nSPS) is 15.6. The number of nitrogens with one attached hydrogen (secondary N) is 1. The predicted molar refractivity (Wildman–Crippen MR) is 79.5 cm³/mol. The summed E-state index contributed by atoms with van der Waals surface area (Å²) in [6, 6.07) is 2.00. The topological polar surface area (TPSA) is 92.9 Å². The quantitative estimate of drug-likeness (QED) is 0.889. The molecular weight excluding hydrogens is 282 g/mol. The molecule has 1 amide bonds. The van der Waals surface area contributed by atoms with Gasteiger partial charge in [0.15, 0.2) is 0 Å². The van der Waals surface area contributed by atoms with E-state index in [1.807, 2.05) is 0 Å². The minimum atomic E-state index is -0.181. The van der Waals surface area contributed by atoms with Crippen molar-refractivity contribution >= 4 is 5.91 Å². The third kappa shape index (κ3) is 3.41. The molecule has 0 unspecified atom stereocenters. The molecule has 3 rings (SSSR count). The number of aromatic nitrogens is 4. The second-order valence-electron chi connectivity index (χ2n) is 5.55. The van der Waals surface area contributed by atoms with Gasteiger partial charge in [0.05, 0.1) is 6.42 Å². The average molecular weight is 301 g/mol. The van der Waals surface area contributed by atoms with Crippen LogP contribution in [-0.2, 0) is 11.2 Å². The maximum absolute atomic E-state index is 12.1. The minimum absolute atomic E-state index is 0.0850. The highest BCUT2D eigenvalue weighted by Crippen LogP contribution is 2.18. The number of hydrogen-bond acceptors (Lipinski definition) is 5. The number of nitrogens with zero attached hydrogens (tertiary/aromatic N) is 4. The lowest BCUT2D eigenvalue weighted by molar-refractivity contribution is -0.121. The molecule has 0 bridgehead atoms. The van der Waals surface area contributed by atoms with Crippen molar-refractivity contribution in [2.24, 2.45) is 0 Å². The largest absolute Gasteiger partial charge is 0.493 e. The van der Waals surface area contributed by atoms with E-state index in [2.05, 4.69) is 20.4 Å². The highest BCUT2D eigenvalue weighted by Gasteiger charge is 2.17. The molecule has 0 aromatic carbocycles. The van der Waals surface area contributed by atoms with Gasteiger partial charge >= 0.3 is 0 Å². The number of amides is 1. The molecule has 22 heavy (non-hydrogen) atoms. The van der Waals surface area contributed by atoms with Crippen LogP contribution in [0.4, 0.5) is 0 Å². The lowest BCUT2D eigenvalue weighted by atomic mass is 9.95. The minimum Gasteiger partial charge on any atom is -0.493 e. The lowest BCUT2D eigenvalue weighted by Gasteiger charge is -2.22. The van der Waals surface area contributed by atoms with Crippen LogP contribution in [0.3, 0.4) is 0 Å². The van der Waals surface area contributed by atoms with Gasteiger partial charge in [-0.1, -0.05) is 19.3 Å². The van der Waals surface area contributed by atoms with Crippen molar-refractivity contribution in [3.63, 3.8) is 0 Å². The van der Waals surface area contributed by atoms with E-state index in [0.717, 1.165) is 25.7 Å². The van der Waals surface area contributed by atoms with Gasteiger partial charge in [0.1, 0.15) is 0 Å². The highest BCUT2D eigenvalue weighted by atomic mass is 16.3. The maximum Gasteiger partial charge on any atom is 0.253 e. The Kier molecular flexibility index (Phi) is 4.32. The van der Waals surface area contributed by atoms with Crippen LogP contribution in [0, 0.1) is 0 Å². The van der Waals surface area contributed by atoms with Crippen LogP contribution in [0.25, 0.3) is 5.95 Å². The fourth-order valence-electron chi connectivity index (χ4n) is 2.71. The third-order valence-electron chi connectivity index (χ3n) is 3.86. The molecule has 2 N–H and O–H groups in total. The summed E-state index contributed by atoms with van der Waals surface area (Å²) in [6.45, 7) is 0. The van der Waals surface area contributed by atoms with E-state index < -0.39 is 0 Å². The van der Waals surface area contributed by atoms with E-state index in [9.17, 15) is 9.90 Å². The molecule has 0 spiro atoms. The van der Waals surface area contributed by atoms with Crippen LogP contribution < -0.4 is 5.32 Å². The molecule has 1 saturated carbocycles. The first-order valence-electron chi connectivity index (χ1n) is 7.56. The third-order valence-corrected chi connectivity index (χ3v) is 3.86. The molecule has 0 radical (unpaired) electrons. The molecule has 116 valence electrons. The molecule has 0 aliphatic heterocycles. The standard InChI is InChI=1S/C15H19N5O2/c21-13(18-12-5-2-1-3-6-12)9-11-10-16-15(19-14(11)22)20-8-4-7-17-20/h4,7-8,10,12H,1-3,5-6,9H2,(H,18,21)(H,16,19,22). The summed E-state index contributed by atoms with van der Waals surface area (Å²) in [6.07, 6.45) is 10.5. The van der Waals surface area contributed by atoms with E-state index in [1.54, 1.807) is 18.5 Å². The molecule has 7 heteroatoms.